The molecule has 6 nitrogen and oxygen atoms in total. The average molecular weight is 359 g/mol. The number of benzene rings is 1. The zero-order valence-electron chi connectivity index (χ0n) is 14.3. The van der Waals surface area contributed by atoms with Crippen molar-refractivity contribution in [2.75, 3.05) is 0 Å². The maximum Gasteiger partial charge on any atom is 0.320 e. The van der Waals surface area contributed by atoms with Crippen molar-refractivity contribution in [1.29, 1.82) is 0 Å². The number of esters is 1. The fourth-order valence-corrected chi connectivity index (χ4v) is 1.50. The molecule has 1 aromatic carbocycles. The molecule has 7 heteroatoms. The van der Waals surface area contributed by atoms with Gasteiger partial charge in [-0.15, -0.1) is 12.4 Å². The monoisotopic (exact) mass is 358 g/mol. The van der Waals surface area contributed by atoms with Crippen LogP contribution in [0.3, 0.4) is 0 Å². The largest absolute Gasteiger partial charge is 0.480 e. The van der Waals surface area contributed by atoms with Gasteiger partial charge in [0.05, 0.1) is 6.42 Å². The number of ether oxygens (including phenoxy) is 1. The number of carboxylic acids is 1. The first kappa shape index (κ1) is 24.2. The first-order valence-electron chi connectivity index (χ1n) is 7.26. The summed E-state index contributed by atoms with van der Waals surface area (Å²) in [6.45, 7) is 5.49. The summed E-state index contributed by atoms with van der Waals surface area (Å²) in [5, 5.41) is 8.52. The number of hydrogen-bond donors (Lipinski definition) is 3. The lowest BCUT2D eigenvalue weighted by atomic mass is 10.1. The van der Waals surface area contributed by atoms with Crippen LogP contribution >= 0.6 is 12.4 Å². The summed E-state index contributed by atoms with van der Waals surface area (Å²) in [6.07, 6.45) is 3.53. The van der Waals surface area contributed by atoms with E-state index in [1.165, 1.54) is 6.20 Å². The Morgan fingerprint density at radius 1 is 1.25 bits per heavy atom. The summed E-state index contributed by atoms with van der Waals surface area (Å²) in [6, 6.07) is 8.54. The van der Waals surface area contributed by atoms with Gasteiger partial charge in [0.25, 0.3) is 0 Å². The van der Waals surface area contributed by atoms with Gasteiger partial charge in [-0.3, -0.25) is 9.59 Å². The van der Waals surface area contributed by atoms with Gasteiger partial charge in [0.1, 0.15) is 11.6 Å². The quantitative estimate of drug-likeness (QED) is 0.695. The van der Waals surface area contributed by atoms with Crippen molar-refractivity contribution in [3.05, 3.63) is 48.2 Å². The van der Waals surface area contributed by atoms with E-state index in [9.17, 15) is 9.59 Å². The highest BCUT2D eigenvalue weighted by Crippen LogP contribution is 2.07. The van der Waals surface area contributed by atoms with Crippen LogP contribution in [0.25, 0.3) is 0 Å². The molecular formula is C17H27ClN2O4. The molecule has 5 N–H and O–H groups in total. The molecule has 1 rings (SSSR count). The van der Waals surface area contributed by atoms with Gasteiger partial charge in [-0.1, -0.05) is 36.4 Å². The van der Waals surface area contributed by atoms with Crippen molar-refractivity contribution in [1.82, 2.24) is 0 Å². The van der Waals surface area contributed by atoms with Gasteiger partial charge in [-0.25, -0.2) is 0 Å². The second-order valence-electron chi connectivity index (χ2n) is 5.85. The van der Waals surface area contributed by atoms with Gasteiger partial charge < -0.3 is 21.3 Å². The molecule has 0 unspecified atom stereocenters. The lowest BCUT2D eigenvalue weighted by molar-refractivity contribution is -0.153. The molecule has 0 aromatic heterocycles. The number of halogens is 1. The number of carbonyl (C=O) groups is 2. The minimum absolute atomic E-state index is 0. The highest BCUT2D eigenvalue weighted by atomic mass is 35.5. The average Bonchev–Trinajstić information content (AvgIpc) is 2.45. The van der Waals surface area contributed by atoms with E-state index >= 15 is 0 Å². The van der Waals surface area contributed by atoms with Crippen molar-refractivity contribution in [3.8, 4) is 0 Å². The molecule has 0 aliphatic carbocycles. The third-order valence-corrected chi connectivity index (χ3v) is 2.46. The summed E-state index contributed by atoms with van der Waals surface area (Å²) in [5.74, 6) is -1.21. The van der Waals surface area contributed by atoms with E-state index in [1.54, 1.807) is 6.08 Å². The van der Waals surface area contributed by atoms with Gasteiger partial charge >= 0.3 is 11.9 Å². The van der Waals surface area contributed by atoms with Crippen molar-refractivity contribution >= 4 is 24.3 Å². The first-order chi connectivity index (χ1) is 10.7. The molecule has 0 amide bonds. The van der Waals surface area contributed by atoms with Crippen LogP contribution in [-0.4, -0.2) is 28.7 Å². The summed E-state index contributed by atoms with van der Waals surface area (Å²) >= 11 is 0. The molecule has 0 heterocycles. The molecule has 0 aliphatic heterocycles. The molecule has 0 saturated carbocycles. The second kappa shape index (κ2) is 12.4. The van der Waals surface area contributed by atoms with E-state index in [1.807, 2.05) is 51.1 Å². The zero-order valence-corrected chi connectivity index (χ0v) is 15.1. The molecule has 0 bridgehead atoms. The lowest BCUT2D eigenvalue weighted by Crippen LogP contribution is -2.32. The topological polar surface area (TPSA) is 116 Å². The molecule has 1 aromatic rings. The predicted octanol–water partition coefficient (Wildman–Crippen LogP) is 2.25. The SMILES string of the molecule is CC(C)(C)OC(=O)CC=CN.Cl.N[C@@H](Cc1ccccc1)C(=O)O. The Hall–Kier alpha value is -2.05. The van der Waals surface area contributed by atoms with Gasteiger partial charge in [0, 0.05) is 0 Å². The van der Waals surface area contributed by atoms with Gasteiger partial charge in [0.15, 0.2) is 0 Å². The smallest absolute Gasteiger partial charge is 0.320 e. The lowest BCUT2D eigenvalue weighted by Gasteiger charge is -2.18. The third-order valence-electron chi connectivity index (χ3n) is 2.46. The minimum Gasteiger partial charge on any atom is -0.480 e. The van der Waals surface area contributed by atoms with Crippen molar-refractivity contribution in [2.24, 2.45) is 11.5 Å². The Kier molecular flexibility index (Phi) is 12.5. The summed E-state index contributed by atoms with van der Waals surface area (Å²) in [4.78, 5) is 21.3. The van der Waals surface area contributed by atoms with Crippen molar-refractivity contribution in [3.63, 3.8) is 0 Å². The number of nitrogens with two attached hydrogens (primary N) is 2. The molecule has 0 radical (unpaired) electrons. The number of rotatable bonds is 5. The highest BCUT2D eigenvalue weighted by Gasteiger charge is 2.14. The van der Waals surface area contributed by atoms with E-state index < -0.39 is 17.6 Å². The Morgan fingerprint density at radius 2 is 1.79 bits per heavy atom. The molecule has 1 atom stereocenters. The fraction of sp³-hybridized carbons (Fsp3) is 0.412. The van der Waals surface area contributed by atoms with E-state index in [-0.39, 0.29) is 24.8 Å². The summed E-state index contributed by atoms with van der Waals surface area (Å²) < 4.78 is 4.99. The number of hydrogen-bond acceptors (Lipinski definition) is 5. The van der Waals surface area contributed by atoms with Crippen LogP contribution in [-0.2, 0) is 20.7 Å². The van der Waals surface area contributed by atoms with E-state index in [4.69, 9.17) is 21.3 Å². The van der Waals surface area contributed by atoms with Crippen LogP contribution in [0.2, 0.25) is 0 Å². The minimum atomic E-state index is -0.959. The molecule has 0 saturated heterocycles. The second-order valence-corrected chi connectivity index (χ2v) is 5.85. The van der Waals surface area contributed by atoms with Crippen LogP contribution in [0.5, 0.6) is 0 Å². The van der Waals surface area contributed by atoms with Gasteiger partial charge in [-0.2, -0.15) is 0 Å². The first-order valence-corrected chi connectivity index (χ1v) is 7.26. The Bertz CT molecular complexity index is 513. The van der Waals surface area contributed by atoms with Crippen LogP contribution in [0, 0.1) is 0 Å². The third kappa shape index (κ3) is 13.6. The molecule has 0 aliphatic rings. The van der Waals surface area contributed by atoms with Crippen molar-refractivity contribution < 1.29 is 19.4 Å². The number of carboxylic acid groups (broad SMARTS) is 1. The Labute approximate surface area is 149 Å². The van der Waals surface area contributed by atoms with Gasteiger partial charge in [-0.05, 0) is 39.0 Å². The fourth-order valence-electron chi connectivity index (χ4n) is 1.50. The molecule has 0 fully saturated rings. The maximum absolute atomic E-state index is 10.9. The van der Waals surface area contributed by atoms with E-state index in [2.05, 4.69) is 0 Å². The Morgan fingerprint density at radius 3 is 2.21 bits per heavy atom. The van der Waals surface area contributed by atoms with Crippen molar-refractivity contribution in [2.45, 2.75) is 45.3 Å². The maximum atomic E-state index is 10.9. The molecule has 24 heavy (non-hydrogen) atoms. The normalized spacial score (nSPS) is 11.7. The van der Waals surface area contributed by atoms with Crippen LogP contribution < -0.4 is 11.5 Å². The summed E-state index contributed by atoms with van der Waals surface area (Å²) in [5.41, 5.74) is 10.9. The zero-order chi connectivity index (χ0) is 17.9. The standard InChI is InChI=1S/C9H11NO2.C8H15NO2.ClH/c10-8(9(11)12)6-7-4-2-1-3-5-7;1-8(2,3)11-7(10)5-4-6-9;/h1-5,8H,6,10H2,(H,11,12);4,6H,5,9H2,1-3H3;1H/t8-;;/m0../s1. The van der Waals surface area contributed by atoms with Crippen LogP contribution in [0.1, 0.15) is 32.8 Å². The molecule has 0 spiro atoms. The molecule has 136 valence electrons. The molecular weight excluding hydrogens is 332 g/mol. The Balaban J connectivity index is 0. The summed E-state index contributed by atoms with van der Waals surface area (Å²) in [7, 11) is 0. The van der Waals surface area contributed by atoms with Crippen LogP contribution in [0.15, 0.2) is 42.6 Å². The number of carbonyl (C=O) groups excluding carboxylic acids is 1. The van der Waals surface area contributed by atoms with Gasteiger partial charge in [0.2, 0.25) is 0 Å². The highest BCUT2D eigenvalue weighted by molar-refractivity contribution is 5.85. The van der Waals surface area contributed by atoms with Crippen LogP contribution in [0.4, 0.5) is 0 Å². The number of aliphatic carboxylic acids is 1. The van der Waals surface area contributed by atoms with E-state index in [0.717, 1.165) is 5.56 Å². The van der Waals surface area contributed by atoms with E-state index in [0.29, 0.717) is 6.42 Å². The predicted molar refractivity (Wildman–Crippen MR) is 96.8 cm³/mol.